The number of carbonyl (C=O) groups excluding carboxylic acids is 2. The molecule has 0 fully saturated rings. The van der Waals surface area contributed by atoms with Crippen molar-refractivity contribution in [3.63, 3.8) is 0 Å². The number of hydrogen-bond acceptors (Lipinski definition) is 5. The van der Waals surface area contributed by atoms with Crippen molar-refractivity contribution in [2.24, 2.45) is 0 Å². The van der Waals surface area contributed by atoms with Crippen LogP contribution in [0.3, 0.4) is 0 Å². The van der Waals surface area contributed by atoms with Gasteiger partial charge in [0, 0.05) is 6.42 Å². The van der Waals surface area contributed by atoms with Crippen LogP contribution in [0.5, 0.6) is 0 Å². The van der Waals surface area contributed by atoms with E-state index in [1.807, 2.05) is 18.2 Å². The summed E-state index contributed by atoms with van der Waals surface area (Å²) < 4.78 is 5.92. The molecular formula is C56H99NO5. The van der Waals surface area contributed by atoms with Crippen molar-refractivity contribution in [3.05, 3.63) is 72.9 Å². The molecule has 1 amide bonds. The number of ether oxygens (including phenoxy) is 1. The standard InChI is InChI=1S/C56H99NO5/c1-4-7-10-13-16-19-22-25-27-29-30-32-35-38-41-44-47-52(62-56(61)49-46-43-40-37-34-31-28-26-23-20-17-14-11-8-5-2)50-55(60)57-53(51-58)54(59)48-45-42-39-36-33-24-21-18-15-12-9-6-3/h8,11,14,17,20,23,26-30,32,52-54,58-59H,4-7,9-10,12-13,15-16,18-19,21-22,24-25,31,33-51H2,1-3H3,(H,57,60)/b11-8+,17-14+,23-20+,28-26-,29-27+,32-30+. The van der Waals surface area contributed by atoms with Crippen LogP contribution in [-0.2, 0) is 14.3 Å². The first-order valence-electron chi connectivity index (χ1n) is 26.2. The largest absolute Gasteiger partial charge is 0.462 e. The third kappa shape index (κ3) is 43.9. The van der Waals surface area contributed by atoms with Crippen LogP contribution >= 0.6 is 0 Å². The van der Waals surface area contributed by atoms with Gasteiger partial charge >= 0.3 is 5.97 Å². The minimum Gasteiger partial charge on any atom is -0.462 e. The van der Waals surface area contributed by atoms with Crippen molar-refractivity contribution in [2.75, 3.05) is 6.61 Å². The molecule has 0 radical (unpaired) electrons. The normalized spacial score (nSPS) is 13.8. The highest BCUT2D eigenvalue weighted by molar-refractivity contribution is 5.77. The number of allylic oxidation sites excluding steroid dienone is 12. The second-order valence-electron chi connectivity index (χ2n) is 17.7. The zero-order valence-electron chi connectivity index (χ0n) is 40.7. The van der Waals surface area contributed by atoms with Crippen LogP contribution in [-0.4, -0.2) is 46.9 Å². The van der Waals surface area contributed by atoms with E-state index in [0.717, 1.165) is 96.3 Å². The van der Waals surface area contributed by atoms with Crippen molar-refractivity contribution in [1.29, 1.82) is 0 Å². The number of rotatable bonds is 46. The number of unbranched alkanes of at least 4 members (excludes halogenated alkanes) is 26. The number of nitrogens with one attached hydrogen (secondary N) is 1. The molecule has 0 rings (SSSR count). The van der Waals surface area contributed by atoms with Gasteiger partial charge in [-0.3, -0.25) is 9.59 Å². The van der Waals surface area contributed by atoms with Gasteiger partial charge in [0.15, 0.2) is 0 Å². The maximum atomic E-state index is 13.2. The van der Waals surface area contributed by atoms with Gasteiger partial charge in [-0.15, -0.1) is 0 Å². The van der Waals surface area contributed by atoms with Gasteiger partial charge in [-0.05, 0) is 70.6 Å². The Balaban J connectivity index is 4.69. The average Bonchev–Trinajstić information content (AvgIpc) is 3.26. The fourth-order valence-corrected chi connectivity index (χ4v) is 7.67. The zero-order valence-corrected chi connectivity index (χ0v) is 40.7. The lowest BCUT2D eigenvalue weighted by Crippen LogP contribution is -2.46. The Morgan fingerprint density at radius 3 is 1.35 bits per heavy atom. The molecule has 0 aromatic rings. The van der Waals surface area contributed by atoms with Crippen molar-refractivity contribution >= 4 is 11.9 Å². The molecule has 0 saturated heterocycles. The van der Waals surface area contributed by atoms with E-state index in [-0.39, 0.29) is 24.9 Å². The molecule has 3 unspecified atom stereocenters. The monoisotopic (exact) mass is 866 g/mol. The molecule has 0 aromatic heterocycles. The molecule has 62 heavy (non-hydrogen) atoms. The highest BCUT2D eigenvalue weighted by Gasteiger charge is 2.24. The first-order chi connectivity index (χ1) is 30.5. The molecule has 0 aromatic carbocycles. The van der Waals surface area contributed by atoms with Crippen molar-refractivity contribution in [3.8, 4) is 0 Å². The van der Waals surface area contributed by atoms with Crippen LogP contribution in [0.1, 0.15) is 245 Å². The van der Waals surface area contributed by atoms with Gasteiger partial charge in [0.1, 0.15) is 6.10 Å². The van der Waals surface area contributed by atoms with E-state index in [1.165, 1.54) is 103 Å². The van der Waals surface area contributed by atoms with Crippen LogP contribution in [0.2, 0.25) is 0 Å². The summed E-state index contributed by atoms with van der Waals surface area (Å²) >= 11 is 0. The van der Waals surface area contributed by atoms with E-state index < -0.39 is 18.2 Å². The van der Waals surface area contributed by atoms with Crippen LogP contribution in [0.4, 0.5) is 0 Å². The molecule has 0 saturated carbocycles. The summed E-state index contributed by atoms with van der Waals surface area (Å²) in [6.07, 6.45) is 62.4. The number of aliphatic hydroxyl groups excluding tert-OH is 2. The third-order valence-electron chi connectivity index (χ3n) is 11.6. The number of hydrogen-bond donors (Lipinski definition) is 3. The summed E-state index contributed by atoms with van der Waals surface area (Å²) in [7, 11) is 0. The number of amides is 1. The summed E-state index contributed by atoms with van der Waals surface area (Å²) in [6, 6.07) is -0.718. The summed E-state index contributed by atoms with van der Waals surface area (Å²) in [5.41, 5.74) is 0. The van der Waals surface area contributed by atoms with Crippen molar-refractivity contribution < 1.29 is 24.5 Å². The highest BCUT2D eigenvalue weighted by atomic mass is 16.5. The summed E-state index contributed by atoms with van der Waals surface area (Å²) in [6.45, 7) is 6.33. The minimum atomic E-state index is -0.801. The Bertz CT molecular complexity index is 1150. The number of carbonyl (C=O) groups is 2. The zero-order chi connectivity index (χ0) is 45.2. The van der Waals surface area contributed by atoms with E-state index in [0.29, 0.717) is 19.3 Å². The van der Waals surface area contributed by atoms with Crippen LogP contribution in [0.15, 0.2) is 72.9 Å². The summed E-state index contributed by atoms with van der Waals surface area (Å²) in [4.78, 5) is 26.2. The predicted molar refractivity (Wildman–Crippen MR) is 268 cm³/mol. The van der Waals surface area contributed by atoms with Gasteiger partial charge in [0.05, 0.1) is 25.2 Å². The predicted octanol–water partition coefficient (Wildman–Crippen LogP) is 15.8. The second-order valence-corrected chi connectivity index (χ2v) is 17.7. The maximum absolute atomic E-state index is 13.2. The molecule has 0 heterocycles. The number of aliphatic hydroxyl groups is 2. The molecule has 0 bridgehead atoms. The molecule has 3 N–H and O–H groups in total. The van der Waals surface area contributed by atoms with Crippen molar-refractivity contribution in [1.82, 2.24) is 5.32 Å². The molecule has 0 aliphatic rings. The van der Waals surface area contributed by atoms with E-state index in [2.05, 4.69) is 80.8 Å². The average molecular weight is 866 g/mol. The van der Waals surface area contributed by atoms with Gasteiger partial charge < -0.3 is 20.3 Å². The second kappa shape index (κ2) is 49.3. The lowest BCUT2D eigenvalue weighted by atomic mass is 10.0. The van der Waals surface area contributed by atoms with E-state index in [9.17, 15) is 19.8 Å². The Kier molecular flexibility index (Phi) is 47.2. The lowest BCUT2D eigenvalue weighted by molar-refractivity contribution is -0.151. The van der Waals surface area contributed by atoms with E-state index in [1.54, 1.807) is 0 Å². The quantitative estimate of drug-likeness (QED) is 0.0322. The SMILES string of the molecule is CC/C=C/C=C/C=C/C=C\CCCCCCCC(=O)OC(CCCCC/C=C/C=C/CCCCCCCCC)CC(=O)NC(CO)C(O)CCCCCCCCCCCCCC. The topological polar surface area (TPSA) is 95.9 Å². The Morgan fingerprint density at radius 1 is 0.484 bits per heavy atom. The molecule has 0 aliphatic carbocycles. The van der Waals surface area contributed by atoms with E-state index >= 15 is 0 Å². The smallest absolute Gasteiger partial charge is 0.306 e. The van der Waals surface area contributed by atoms with Crippen LogP contribution < -0.4 is 5.32 Å². The molecule has 6 nitrogen and oxygen atoms in total. The summed E-state index contributed by atoms with van der Waals surface area (Å²) in [5, 5.41) is 23.8. The van der Waals surface area contributed by atoms with Gasteiger partial charge in [0.25, 0.3) is 0 Å². The van der Waals surface area contributed by atoms with Crippen molar-refractivity contribution in [2.45, 2.75) is 264 Å². The fraction of sp³-hybridized carbons (Fsp3) is 0.750. The Labute approximate surface area is 383 Å². The van der Waals surface area contributed by atoms with Gasteiger partial charge in [-0.25, -0.2) is 0 Å². The molecule has 0 spiro atoms. The van der Waals surface area contributed by atoms with Crippen LogP contribution in [0, 0.1) is 0 Å². The Morgan fingerprint density at radius 2 is 0.871 bits per heavy atom. The van der Waals surface area contributed by atoms with Gasteiger partial charge in [-0.1, -0.05) is 235 Å². The summed E-state index contributed by atoms with van der Waals surface area (Å²) in [5.74, 6) is -0.527. The molecule has 0 aliphatic heterocycles. The first kappa shape index (κ1) is 59.3. The van der Waals surface area contributed by atoms with E-state index in [4.69, 9.17) is 4.74 Å². The molecular weight excluding hydrogens is 767 g/mol. The van der Waals surface area contributed by atoms with Crippen LogP contribution in [0.25, 0.3) is 0 Å². The number of esters is 1. The Hall–Kier alpha value is -2.70. The first-order valence-corrected chi connectivity index (χ1v) is 26.2. The third-order valence-corrected chi connectivity index (χ3v) is 11.6. The van der Waals surface area contributed by atoms with Gasteiger partial charge in [0.2, 0.25) is 5.91 Å². The fourth-order valence-electron chi connectivity index (χ4n) is 7.67. The molecule has 6 heteroatoms. The lowest BCUT2D eigenvalue weighted by Gasteiger charge is -2.24. The highest BCUT2D eigenvalue weighted by Crippen LogP contribution is 2.17. The molecule has 358 valence electrons. The molecule has 3 atom stereocenters. The van der Waals surface area contributed by atoms with Gasteiger partial charge in [-0.2, -0.15) is 0 Å². The maximum Gasteiger partial charge on any atom is 0.306 e. The minimum absolute atomic E-state index is 0.0475.